The number of hydrogen-bond acceptors (Lipinski definition) is 6. The molecule has 0 amide bonds. The molecule has 1 heterocycles. The highest BCUT2D eigenvalue weighted by Gasteiger charge is 2.14. The van der Waals surface area contributed by atoms with E-state index in [0.29, 0.717) is 18.2 Å². The van der Waals surface area contributed by atoms with Crippen molar-refractivity contribution in [2.24, 2.45) is 5.92 Å². The van der Waals surface area contributed by atoms with Gasteiger partial charge in [0.1, 0.15) is 23.2 Å². The van der Waals surface area contributed by atoms with Crippen LogP contribution in [-0.4, -0.2) is 16.6 Å². The van der Waals surface area contributed by atoms with E-state index in [1.54, 1.807) is 0 Å². The number of nitrogens with zero attached hydrogens (tertiary/aromatic N) is 3. The molecule has 23 heavy (non-hydrogen) atoms. The minimum Gasteiger partial charge on any atom is -0.493 e. The Balaban J connectivity index is 2.40. The SMILES string of the molecule is Cc1ccc(-c2nc(N)nc(N)c2C#N)cc1OCCC(C)C. The molecule has 0 fully saturated rings. The molecule has 0 aliphatic carbocycles. The first-order valence-corrected chi connectivity index (χ1v) is 7.49. The van der Waals surface area contributed by atoms with E-state index in [-0.39, 0.29) is 17.3 Å². The Morgan fingerprint density at radius 1 is 1.26 bits per heavy atom. The van der Waals surface area contributed by atoms with E-state index < -0.39 is 0 Å². The zero-order valence-electron chi connectivity index (χ0n) is 13.6. The van der Waals surface area contributed by atoms with Crippen molar-refractivity contribution >= 4 is 11.8 Å². The third-order valence-corrected chi connectivity index (χ3v) is 3.48. The summed E-state index contributed by atoms with van der Waals surface area (Å²) >= 11 is 0. The highest BCUT2D eigenvalue weighted by atomic mass is 16.5. The molecule has 0 unspecified atom stereocenters. The van der Waals surface area contributed by atoms with Crippen LogP contribution in [0.25, 0.3) is 11.3 Å². The molecule has 0 aliphatic rings. The number of benzene rings is 1. The maximum Gasteiger partial charge on any atom is 0.222 e. The van der Waals surface area contributed by atoms with Gasteiger partial charge in [-0.05, 0) is 30.9 Å². The van der Waals surface area contributed by atoms with Crippen LogP contribution < -0.4 is 16.2 Å². The van der Waals surface area contributed by atoms with Crippen LogP contribution in [0.5, 0.6) is 5.75 Å². The summed E-state index contributed by atoms with van der Waals surface area (Å²) in [5.74, 6) is 1.46. The molecule has 0 spiro atoms. The lowest BCUT2D eigenvalue weighted by Crippen LogP contribution is -2.06. The van der Waals surface area contributed by atoms with Crippen LogP contribution in [0.2, 0.25) is 0 Å². The molecule has 0 aliphatic heterocycles. The fourth-order valence-corrected chi connectivity index (χ4v) is 2.12. The molecule has 0 saturated heterocycles. The zero-order valence-corrected chi connectivity index (χ0v) is 13.6. The quantitative estimate of drug-likeness (QED) is 0.878. The summed E-state index contributed by atoms with van der Waals surface area (Å²) in [6.45, 7) is 6.92. The topological polar surface area (TPSA) is 111 Å². The summed E-state index contributed by atoms with van der Waals surface area (Å²) in [6.07, 6.45) is 0.973. The molecule has 2 rings (SSSR count). The molecule has 0 saturated carbocycles. The molecule has 1 aromatic heterocycles. The molecule has 6 nitrogen and oxygen atoms in total. The van der Waals surface area contributed by atoms with Crippen molar-refractivity contribution in [2.45, 2.75) is 27.2 Å². The van der Waals surface area contributed by atoms with Crippen molar-refractivity contribution in [3.8, 4) is 23.1 Å². The van der Waals surface area contributed by atoms with Crippen LogP contribution >= 0.6 is 0 Å². The predicted molar refractivity (Wildman–Crippen MR) is 90.7 cm³/mol. The Kier molecular flexibility index (Phi) is 5.02. The third-order valence-electron chi connectivity index (χ3n) is 3.48. The van der Waals surface area contributed by atoms with Crippen LogP contribution in [0.1, 0.15) is 31.4 Å². The molecule has 2 aromatic rings. The van der Waals surface area contributed by atoms with Crippen molar-refractivity contribution in [1.29, 1.82) is 5.26 Å². The number of nitrogen functional groups attached to an aromatic ring is 2. The van der Waals surface area contributed by atoms with Gasteiger partial charge in [0.05, 0.1) is 12.3 Å². The van der Waals surface area contributed by atoms with E-state index in [1.807, 2.05) is 31.2 Å². The first-order valence-electron chi connectivity index (χ1n) is 7.49. The zero-order chi connectivity index (χ0) is 17.0. The van der Waals surface area contributed by atoms with Crippen molar-refractivity contribution in [1.82, 2.24) is 9.97 Å². The maximum atomic E-state index is 9.30. The van der Waals surface area contributed by atoms with Crippen LogP contribution in [0.3, 0.4) is 0 Å². The van der Waals surface area contributed by atoms with E-state index in [9.17, 15) is 5.26 Å². The smallest absolute Gasteiger partial charge is 0.222 e. The molecule has 0 atom stereocenters. The van der Waals surface area contributed by atoms with Crippen LogP contribution in [-0.2, 0) is 0 Å². The summed E-state index contributed by atoms with van der Waals surface area (Å²) in [5.41, 5.74) is 13.8. The third kappa shape index (κ3) is 3.89. The number of aromatic nitrogens is 2. The van der Waals surface area contributed by atoms with Crippen LogP contribution in [0.15, 0.2) is 18.2 Å². The Morgan fingerprint density at radius 3 is 2.65 bits per heavy atom. The van der Waals surface area contributed by atoms with Gasteiger partial charge in [-0.3, -0.25) is 0 Å². The molecule has 4 N–H and O–H groups in total. The number of nitriles is 1. The molecule has 0 radical (unpaired) electrons. The van der Waals surface area contributed by atoms with E-state index in [4.69, 9.17) is 16.2 Å². The van der Waals surface area contributed by atoms with Crippen LogP contribution in [0, 0.1) is 24.2 Å². The van der Waals surface area contributed by atoms with Crippen LogP contribution in [0.4, 0.5) is 11.8 Å². The summed E-state index contributed by atoms with van der Waals surface area (Å²) in [6, 6.07) is 7.69. The number of nitrogens with two attached hydrogens (primary N) is 2. The molecular weight excluding hydrogens is 290 g/mol. The fourth-order valence-electron chi connectivity index (χ4n) is 2.12. The van der Waals surface area contributed by atoms with Gasteiger partial charge >= 0.3 is 0 Å². The molecule has 1 aromatic carbocycles. The summed E-state index contributed by atoms with van der Waals surface area (Å²) in [4.78, 5) is 7.99. The first kappa shape index (κ1) is 16.6. The van der Waals surface area contributed by atoms with E-state index >= 15 is 0 Å². The Labute approximate surface area is 136 Å². The van der Waals surface area contributed by atoms with Crippen molar-refractivity contribution < 1.29 is 4.74 Å². The van der Waals surface area contributed by atoms with Gasteiger partial charge in [0.25, 0.3) is 0 Å². The van der Waals surface area contributed by atoms with Gasteiger partial charge in [-0.15, -0.1) is 0 Å². The predicted octanol–water partition coefficient (Wildman–Crippen LogP) is 2.91. The molecular formula is C17H21N5O. The Morgan fingerprint density at radius 2 is 2.00 bits per heavy atom. The van der Waals surface area contributed by atoms with Gasteiger partial charge in [0, 0.05) is 5.56 Å². The summed E-state index contributed by atoms with van der Waals surface area (Å²) < 4.78 is 5.85. The van der Waals surface area contributed by atoms with Gasteiger partial charge in [-0.2, -0.15) is 10.2 Å². The fraction of sp³-hybridized carbons (Fsp3) is 0.353. The monoisotopic (exact) mass is 311 g/mol. The Hall–Kier alpha value is -2.81. The van der Waals surface area contributed by atoms with Gasteiger partial charge in [0.15, 0.2) is 0 Å². The summed E-state index contributed by atoms with van der Waals surface area (Å²) in [5, 5.41) is 9.30. The lowest BCUT2D eigenvalue weighted by Gasteiger charge is -2.13. The molecule has 120 valence electrons. The number of anilines is 2. The van der Waals surface area contributed by atoms with E-state index in [0.717, 1.165) is 23.3 Å². The van der Waals surface area contributed by atoms with Crippen molar-refractivity contribution in [3.05, 3.63) is 29.3 Å². The highest BCUT2D eigenvalue weighted by Crippen LogP contribution is 2.30. The lowest BCUT2D eigenvalue weighted by molar-refractivity contribution is 0.288. The van der Waals surface area contributed by atoms with Crippen molar-refractivity contribution in [3.63, 3.8) is 0 Å². The van der Waals surface area contributed by atoms with Gasteiger partial charge in [-0.25, -0.2) is 4.98 Å². The van der Waals surface area contributed by atoms with E-state index in [2.05, 4.69) is 23.8 Å². The minimum absolute atomic E-state index is 0.0411. The molecule has 6 heteroatoms. The maximum absolute atomic E-state index is 9.30. The average Bonchev–Trinajstić information content (AvgIpc) is 2.48. The summed E-state index contributed by atoms with van der Waals surface area (Å²) in [7, 11) is 0. The van der Waals surface area contributed by atoms with Gasteiger partial charge in [0.2, 0.25) is 5.95 Å². The average molecular weight is 311 g/mol. The standard InChI is InChI=1S/C17H21N5O/c1-10(2)6-7-23-14-8-12(5-4-11(14)3)15-13(9-18)16(19)22-17(20)21-15/h4-5,8,10H,6-7H2,1-3H3,(H4,19,20,21,22). The lowest BCUT2D eigenvalue weighted by atomic mass is 10.0. The minimum atomic E-state index is 0.0411. The number of aryl methyl sites for hydroxylation is 1. The van der Waals surface area contributed by atoms with Crippen molar-refractivity contribution in [2.75, 3.05) is 18.1 Å². The number of rotatable bonds is 5. The number of ether oxygens (including phenoxy) is 1. The second kappa shape index (κ2) is 6.97. The Bertz CT molecular complexity index is 749. The second-order valence-electron chi connectivity index (χ2n) is 5.81. The van der Waals surface area contributed by atoms with E-state index in [1.165, 1.54) is 0 Å². The second-order valence-corrected chi connectivity index (χ2v) is 5.81. The largest absolute Gasteiger partial charge is 0.493 e. The highest BCUT2D eigenvalue weighted by molar-refractivity contribution is 5.74. The van der Waals surface area contributed by atoms with Gasteiger partial charge in [-0.1, -0.05) is 26.0 Å². The number of hydrogen-bond donors (Lipinski definition) is 2. The molecule has 0 bridgehead atoms. The van der Waals surface area contributed by atoms with Gasteiger partial charge < -0.3 is 16.2 Å². The first-order chi connectivity index (χ1) is 10.9. The normalized spacial score (nSPS) is 10.6.